The maximum atomic E-state index is 5.48. The van der Waals surface area contributed by atoms with Crippen LogP contribution in [0.5, 0.6) is 5.75 Å². The summed E-state index contributed by atoms with van der Waals surface area (Å²) in [6.45, 7) is 5.00. The summed E-state index contributed by atoms with van der Waals surface area (Å²) in [5, 5.41) is 6.82. The monoisotopic (exact) mass is 510 g/mol. The minimum absolute atomic E-state index is 0. The second-order valence-electron chi connectivity index (χ2n) is 6.68. The zero-order chi connectivity index (χ0) is 19.6. The molecule has 0 atom stereocenters. The molecule has 0 bridgehead atoms. The molecule has 158 valence electrons. The van der Waals surface area contributed by atoms with Gasteiger partial charge in [-0.05, 0) is 35.7 Å². The summed E-state index contributed by atoms with van der Waals surface area (Å²) in [5.41, 5.74) is 3.80. The van der Waals surface area contributed by atoms with Crippen molar-refractivity contribution in [2.45, 2.75) is 13.0 Å². The highest BCUT2D eigenvalue weighted by molar-refractivity contribution is 14.0. The Balaban J connectivity index is 0.00000300. The molecule has 7 heteroatoms. The number of hydrogen-bond donors (Lipinski definition) is 2. The van der Waals surface area contributed by atoms with Gasteiger partial charge in [0.25, 0.3) is 0 Å². The van der Waals surface area contributed by atoms with E-state index in [4.69, 9.17) is 9.47 Å². The van der Waals surface area contributed by atoms with Crippen LogP contribution in [0.3, 0.4) is 0 Å². The minimum atomic E-state index is 0. The topological polar surface area (TPSA) is 58.1 Å². The first-order chi connectivity index (χ1) is 13.8. The standard InChI is InChI=1S/C22H30N4O2.HI/c1-23-22(24-12-11-18-7-9-20(27-2)10-8-18)25-17-19-5-3-4-6-21(19)26-13-15-28-16-14-26;/h3-10H,11-17H2,1-2H3,(H2,23,24,25);1H. The summed E-state index contributed by atoms with van der Waals surface area (Å²) in [7, 11) is 3.49. The van der Waals surface area contributed by atoms with Crippen molar-refractivity contribution in [1.82, 2.24) is 10.6 Å². The number of ether oxygens (including phenoxy) is 2. The maximum Gasteiger partial charge on any atom is 0.191 e. The van der Waals surface area contributed by atoms with E-state index in [0.717, 1.165) is 57.5 Å². The van der Waals surface area contributed by atoms with E-state index in [9.17, 15) is 0 Å². The van der Waals surface area contributed by atoms with Crippen molar-refractivity contribution in [1.29, 1.82) is 0 Å². The molecular formula is C22H31IN4O2. The predicted octanol–water partition coefficient (Wildman–Crippen LogP) is 3.06. The van der Waals surface area contributed by atoms with Crippen molar-refractivity contribution in [3.63, 3.8) is 0 Å². The molecule has 2 aromatic carbocycles. The van der Waals surface area contributed by atoms with Crippen LogP contribution in [0, 0.1) is 0 Å². The Morgan fingerprint density at radius 3 is 2.48 bits per heavy atom. The first-order valence-corrected chi connectivity index (χ1v) is 9.78. The van der Waals surface area contributed by atoms with Crippen molar-refractivity contribution < 1.29 is 9.47 Å². The predicted molar refractivity (Wildman–Crippen MR) is 130 cm³/mol. The number of nitrogens with one attached hydrogen (secondary N) is 2. The van der Waals surface area contributed by atoms with Crippen molar-refractivity contribution in [3.8, 4) is 5.75 Å². The second-order valence-corrected chi connectivity index (χ2v) is 6.68. The zero-order valence-electron chi connectivity index (χ0n) is 17.2. The number of morpholine rings is 1. The van der Waals surface area contributed by atoms with E-state index >= 15 is 0 Å². The minimum Gasteiger partial charge on any atom is -0.497 e. The Morgan fingerprint density at radius 2 is 1.79 bits per heavy atom. The van der Waals surface area contributed by atoms with E-state index in [2.05, 4.69) is 56.9 Å². The number of nitrogens with zero attached hydrogens (tertiary/aromatic N) is 2. The fourth-order valence-electron chi connectivity index (χ4n) is 3.29. The lowest BCUT2D eigenvalue weighted by Crippen LogP contribution is -2.39. The van der Waals surface area contributed by atoms with E-state index in [1.165, 1.54) is 16.8 Å². The van der Waals surface area contributed by atoms with Gasteiger partial charge < -0.3 is 25.0 Å². The van der Waals surface area contributed by atoms with E-state index in [1.54, 1.807) is 14.2 Å². The van der Waals surface area contributed by atoms with E-state index in [1.807, 2.05) is 12.1 Å². The number of methoxy groups -OCH3 is 1. The molecule has 29 heavy (non-hydrogen) atoms. The molecule has 0 saturated carbocycles. The number of aliphatic imine (C=N–C) groups is 1. The molecule has 1 fully saturated rings. The van der Waals surface area contributed by atoms with Crippen LogP contribution in [0.15, 0.2) is 53.5 Å². The number of rotatable bonds is 7. The zero-order valence-corrected chi connectivity index (χ0v) is 19.5. The maximum absolute atomic E-state index is 5.48. The van der Waals surface area contributed by atoms with Gasteiger partial charge >= 0.3 is 0 Å². The Morgan fingerprint density at radius 1 is 1.07 bits per heavy atom. The third-order valence-electron chi connectivity index (χ3n) is 4.88. The van der Waals surface area contributed by atoms with Gasteiger partial charge in [0.05, 0.1) is 20.3 Å². The molecule has 1 aliphatic heterocycles. The number of benzene rings is 2. The first kappa shape index (κ1) is 23.3. The van der Waals surface area contributed by atoms with Gasteiger partial charge in [0.2, 0.25) is 0 Å². The van der Waals surface area contributed by atoms with Crippen LogP contribution >= 0.6 is 24.0 Å². The summed E-state index contributed by atoms with van der Waals surface area (Å²) in [5.74, 6) is 1.69. The molecule has 1 aliphatic rings. The fourth-order valence-corrected chi connectivity index (χ4v) is 3.29. The third kappa shape index (κ3) is 7.08. The lowest BCUT2D eigenvalue weighted by molar-refractivity contribution is 0.122. The molecule has 2 aromatic rings. The van der Waals surface area contributed by atoms with Crippen LogP contribution in [0.1, 0.15) is 11.1 Å². The molecule has 0 unspecified atom stereocenters. The highest BCUT2D eigenvalue weighted by Gasteiger charge is 2.14. The number of anilines is 1. The van der Waals surface area contributed by atoms with Crippen LogP contribution in [0.25, 0.3) is 0 Å². The summed E-state index contributed by atoms with van der Waals surface area (Å²) in [6.07, 6.45) is 0.926. The lowest BCUT2D eigenvalue weighted by atomic mass is 10.1. The largest absolute Gasteiger partial charge is 0.497 e. The molecule has 6 nitrogen and oxygen atoms in total. The van der Waals surface area contributed by atoms with Crippen molar-refractivity contribution in [2.24, 2.45) is 4.99 Å². The third-order valence-corrected chi connectivity index (χ3v) is 4.88. The van der Waals surface area contributed by atoms with Gasteiger partial charge in [-0.3, -0.25) is 4.99 Å². The van der Waals surface area contributed by atoms with Gasteiger partial charge in [-0.15, -0.1) is 24.0 Å². The Bertz CT molecular complexity index is 762. The first-order valence-electron chi connectivity index (χ1n) is 9.78. The van der Waals surface area contributed by atoms with Crippen molar-refractivity contribution in [2.75, 3.05) is 51.9 Å². The molecule has 0 amide bonds. The highest BCUT2D eigenvalue weighted by Crippen LogP contribution is 2.21. The number of guanidine groups is 1. The van der Waals surface area contributed by atoms with Gasteiger partial charge in [0.1, 0.15) is 5.75 Å². The SMILES string of the molecule is CN=C(NCCc1ccc(OC)cc1)NCc1ccccc1N1CCOCC1.I. The van der Waals surface area contributed by atoms with E-state index < -0.39 is 0 Å². The summed E-state index contributed by atoms with van der Waals surface area (Å²) in [4.78, 5) is 6.73. The molecule has 0 radical (unpaired) electrons. The summed E-state index contributed by atoms with van der Waals surface area (Å²) in [6, 6.07) is 16.7. The molecular weight excluding hydrogens is 479 g/mol. The molecule has 3 rings (SSSR count). The van der Waals surface area contributed by atoms with Crippen LogP contribution < -0.4 is 20.3 Å². The molecule has 0 spiro atoms. The highest BCUT2D eigenvalue weighted by atomic mass is 127. The summed E-state index contributed by atoms with van der Waals surface area (Å²) < 4.78 is 10.7. The summed E-state index contributed by atoms with van der Waals surface area (Å²) >= 11 is 0. The van der Waals surface area contributed by atoms with Gasteiger partial charge in [-0.1, -0.05) is 30.3 Å². The molecule has 2 N–H and O–H groups in total. The fraction of sp³-hybridized carbons (Fsp3) is 0.409. The van der Waals surface area contributed by atoms with Crippen molar-refractivity contribution in [3.05, 3.63) is 59.7 Å². The average Bonchev–Trinajstić information content (AvgIpc) is 2.77. The van der Waals surface area contributed by atoms with Crippen LogP contribution in [0.4, 0.5) is 5.69 Å². The second kappa shape index (κ2) is 12.5. The van der Waals surface area contributed by atoms with Gasteiger partial charge in [0, 0.05) is 38.9 Å². The molecule has 1 heterocycles. The molecule has 0 aliphatic carbocycles. The Kier molecular flexibility index (Phi) is 10.1. The van der Waals surface area contributed by atoms with Gasteiger partial charge in [-0.2, -0.15) is 0 Å². The van der Waals surface area contributed by atoms with Gasteiger partial charge in [-0.25, -0.2) is 0 Å². The molecule has 0 aromatic heterocycles. The average molecular weight is 510 g/mol. The van der Waals surface area contributed by atoms with Crippen LogP contribution in [-0.2, 0) is 17.7 Å². The van der Waals surface area contributed by atoms with Crippen LogP contribution in [0.2, 0.25) is 0 Å². The van der Waals surface area contributed by atoms with Crippen LogP contribution in [-0.4, -0.2) is 53.0 Å². The number of hydrogen-bond acceptors (Lipinski definition) is 4. The van der Waals surface area contributed by atoms with E-state index in [0.29, 0.717) is 0 Å². The number of halogens is 1. The smallest absolute Gasteiger partial charge is 0.191 e. The number of para-hydroxylation sites is 1. The Hall–Kier alpha value is -2.00. The molecule has 1 saturated heterocycles. The normalized spacial score (nSPS) is 14.1. The van der Waals surface area contributed by atoms with Crippen molar-refractivity contribution >= 4 is 35.6 Å². The van der Waals surface area contributed by atoms with E-state index in [-0.39, 0.29) is 24.0 Å². The lowest BCUT2D eigenvalue weighted by Gasteiger charge is -2.30. The van der Waals surface area contributed by atoms with Gasteiger partial charge in [0.15, 0.2) is 5.96 Å². The Labute approximate surface area is 190 Å². The quantitative estimate of drug-likeness (QED) is 0.341.